The summed E-state index contributed by atoms with van der Waals surface area (Å²) in [5, 5.41) is 7.27. The predicted molar refractivity (Wildman–Crippen MR) is 111 cm³/mol. The Morgan fingerprint density at radius 1 is 0.967 bits per heavy atom. The molecule has 0 bridgehead atoms. The van der Waals surface area contributed by atoms with Gasteiger partial charge in [-0.25, -0.2) is 4.79 Å². The molecule has 9 heteroatoms. The minimum absolute atomic E-state index is 0.0157. The lowest BCUT2D eigenvalue weighted by Gasteiger charge is -2.35. The van der Waals surface area contributed by atoms with Gasteiger partial charge in [0.1, 0.15) is 11.6 Å². The summed E-state index contributed by atoms with van der Waals surface area (Å²) < 4.78 is 7.17. The third-order valence-corrected chi connectivity index (χ3v) is 5.33. The topological polar surface area (TPSA) is 92.1 Å². The summed E-state index contributed by atoms with van der Waals surface area (Å²) >= 11 is 0. The molecule has 30 heavy (non-hydrogen) atoms. The quantitative estimate of drug-likeness (QED) is 0.715. The number of hydrogen-bond acceptors (Lipinski definition) is 6. The molecule has 1 saturated carbocycles. The minimum atomic E-state index is -0.343. The van der Waals surface area contributed by atoms with Gasteiger partial charge in [-0.15, -0.1) is 5.10 Å². The molecule has 2 amide bonds. The summed E-state index contributed by atoms with van der Waals surface area (Å²) in [6.07, 6.45) is 1.52. The first-order valence-electron chi connectivity index (χ1n) is 10.1. The van der Waals surface area contributed by atoms with E-state index in [4.69, 9.17) is 4.74 Å². The summed E-state index contributed by atoms with van der Waals surface area (Å²) in [4.78, 5) is 32.7. The molecule has 154 valence electrons. The molecule has 2 aliphatic rings. The van der Waals surface area contributed by atoms with Gasteiger partial charge in [-0.05, 0) is 37.1 Å². The van der Waals surface area contributed by atoms with Crippen LogP contribution in [-0.2, 0) is 4.79 Å². The second-order valence-corrected chi connectivity index (χ2v) is 7.51. The molecule has 1 N–H and O–H groups in total. The van der Waals surface area contributed by atoms with Gasteiger partial charge in [-0.1, -0.05) is 24.3 Å². The van der Waals surface area contributed by atoms with Crippen LogP contribution >= 0.6 is 0 Å². The van der Waals surface area contributed by atoms with Crippen molar-refractivity contribution in [1.82, 2.24) is 19.5 Å². The van der Waals surface area contributed by atoms with Crippen LogP contribution in [0.25, 0.3) is 5.65 Å². The van der Waals surface area contributed by atoms with Gasteiger partial charge < -0.3 is 14.5 Å². The van der Waals surface area contributed by atoms with Crippen molar-refractivity contribution < 1.29 is 14.3 Å². The fraction of sp³-hybridized carbons (Fsp3) is 0.333. The van der Waals surface area contributed by atoms with Crippen LogP contribution in [0, 0.1) is 5.92 Å². The van der Waals surface area contributed by atoms with Gasteiger partial charge in [-0.2, -0.15) is 9.50 Å². The standard InChI is InChI=1S/C21H22N6O3/c28-19(15-9-10-15)23-20-22-17-7-4-8-18(27(17)24-20)25-11-13-26(14-12-25)21(29)30-16-5-2-1-3-6-16/h1-8,15H,9-14H2,(H,23,24,28). The van der Waals surface area contributed by atoms with Gasteiger partial charge in [0, 0.05) is 32.1 Å². The van der Waals surface area contributed by atoms with E-state index in [9.17, 15) is 9.59 Å². The molecule has 3 heterocycles. The first-order chi connectivity index (χ1) is 14.7. The number of amides is 2. The van der Waals surface area contributed by atoms with Crippen molar-refractivity contribution >= 4 is 29.4 Å². The molecule has 5 rings (SSSR count). The first kappa shape index (κ1) is 18.4. The Morgan fingerprint density at radius 3 is 2.47 bits per heavy atom. The molecule has 0 radical (unpaired) electrons. The second-order valence-electron chi connectivity index (χ2n) is 7.51. The van der Waals surface area contributed by atoms with Crippen LogP contribution in [0.1, 0.15) is 12.8 Å². The molecule has 0 atom stereocenters. The minimum Gasteiger partial charge on any atom is -0.410 e. The smallest absolute Gasteiger partial charge is 0.410 e. The number of anilines is 2. The maximum absolute atomic E-state index is 12.4. The Labute approximate surface area is 173 Å². The number of nitrogens with zero attached hydrogens (tertiary/aromatic N) is 5. The average Bonchev–Trinajstić information content (AvgIpc) is 3.54. The van der Waals surface area contributed by atoms with Crippen molar-refractivity contribution in [2.45, 2.75) is 12.8 Å². The number of rotatable bonds is 4. The summed E-state index contributed by atoms with van der Waals surface area (Å²) in [5.74, 6) is 1.82. The highest BCUT2D eigenvalue weighted by Crippen LogP contribution is 2.30. The number of carbonyl (C=O) groups excluding carboxylic acids is 2. The predicted octanol–water partition coefficient (Wildman–Crippen LogP) is 2.40. The fourth-order valence-electron chi connectivity index (χ4n) is 3.51. The van der Waals surface area contributed by atoms with Crippen LogP contribution in [0.5, 0.6) is 5.75 Å². The number of pyridine rings is 1. The largest absolute Gasteiger partial charge is 0.415 e. The van der Waals surface area contributed by atoms with Gasteiger partial charge in [0.05, 0.1) is 0 Å². The number of aromatic nitrogens is 3. The zero-order chi connectivity index (χ0) is 20.5. The normalized spacial score (nSPS) is 16.5. The molecule has 3 aromatic rings. The van der Waals surface area contributed by atoms with Gasteiger partial charge >= 0.3 is 6.09 Å². The number of benzene rings is 1. The highest BCUT2D eigenvalue weighted by atomic mass is 16.6. The maximum Gasteiger partial charge on any atom is 0.415 e. The zero-order valence-electron chi connectivity index (χ0n) is 16.4. The Bertz CT molecular complexity index is 1070. The van der Waals surface area contributed by atoms with E-state index >= 15 is 0 Å². The highest BCUT2D eigenvalue weighted by Gasteiger charge is 2.30. The molecule has 1 aliphatic heterocycles. The van der Waals surface area contributed by atoms with Gasteiger partial charge in [-0.3, -0.25) is 10.1 Å². The number of nitrogens with one attached hydrogen (secondary N) is 1. The number of piperazine rings is 1. The van der Waals surface area contributed by atoms with Crippen LogP contribution in [0.3, 0.4) is 0 Å². The van der Waals surface area contributed by atoms with Crippen molar-refractivity contribution in [3.8, 4) is 5.75 Å². The zero-order valence-corrected chi connectivity index (χ0v) is 16.4. The molecule has 2 aromatic heterocycles. The van der Waals surface area contributed by atoms with E-state index < -0.39 is 0 Å². The number of carbonyl (C=O) groups is 2. The van der Waals surface area contributed by atoms with Crippen molar-refractivity contribution in [2.75, 3.05) is 36.4 Å². The van der Waals surface area contributed by atoms with Crippen molar-refractivity contribution in [1.29, 1.82) is 0 Å². The van der Waals surface area contributed by atoms with E-state index in [1.54, 1.807) is 21.5 Å². The second kappa shape index (κ2) is 7.66. The van der Waals surface area contributed by atoms with E-state index in [1.165, 1.54) is 0 Å². The van der Waals surface area contributed by atoms with Crippen LogP contribution in [0.15, 0.2) is 48.5 Å². The van der Waals surface area contributed by atoms with Gasteiger partial charge in [0.25, 0.3) is 0 Å². The highest BCUT2D eigenvalue weighted by molar-refractivity contribution is 5.92. The number of fused-ring (bicyclic) bond motifs is 1. The molecule has 9 nitrogen and oxygen atoms in total. The Hall–Kier alpha value is -3.62. The van der Waals surface area contributed by atoms with E-state index in [1.807, 2.05) is 36.4 Å². The van der Waals surface area contributed by atoms with Crippen LogP contribution in [0.2, 0.25) is 0 Å². The Morgan fingerprint density at radius 2 is 1.73 bits per heavy atom. The molecule has 1 saturated heterocycles. The summed E-state index contributed by atoms with van der Waals surface area (Å²) in [7, 11) is 0. The monoisotopic (exact) mass is 406 g/mol. The van der Waals surface area contributed by atoms with Crippen LogP contribution in [-0.4, -0.2) is 57.7 Å². The molecular formula is C21H22N6O3. The Balaban J connectivity index is 1.25. The summed E-state index contributed by atoms with van der Waals surface area (Å²) in [5.41, 5.74) is 0.671. The summed E-state index contributed by atoms with van der Waals surface area (Å²) in [6.45, 7) is 2.38. The third kappa shape index (κ3) is 3.78. The number of para-hydroxylation sites is 1. The lowest BCUT2D eigenvalue weighted by atomic mass is 10.3. The van der Waals surface area contributed by atoms with Crippen molar-refractivity contribution in [3.63, 3.8) is 0 Å². The number of ether oxygens (including phenoxy) is 1. The van der Waals surface area contributed by atoms with Crippen LogP contribution < -0.4 is 15.0 Å². The number of hydrogen-bond donors (Lipinski definition) is 1. The maximum atomic E-state index is 12.4. The molecule has 0 unspecified atom stereocenters. The molecule has 0 spiro atoms. The van der Waals surface area contributed by atoms with Gasteiger partial charge in [0.15, 0.2) is 5.65 Å². The third-order valence-electron chi connectivity index (χ3n) is 5.33. The Kier molecular flexibility index (Phi) is 4.70. The van der Waals surface area contributed by atoms with E-state index in [2.05, 4.69) is 20.3 Å². The van der Waals surface area contributed by atoms with Crippen molar-refractivity contribution in [3.05, 3.63) is 48.5 Å². The first-order valence-corrected chi connectivity index (χ1v) is 10.1. The fourth-order valence-corrected chi connectivity index (χ4v) is 3.51. The summed E-state index contributed by atoms with van der Waals surface area (Å²) in [6, 6.07) is 14.8. The van der Waals surface area contributed by atoms with E-state index in [0.29, 0.717) is 43.5 Å². The molecular weight excluding hydrogens is 384 g/mol. The lowest BCUT2D eigenvalue weighted by Crippen LogP contribution is -2.50. The SMILES string of the molecule is O=C(Nc1nc2cccc(N3CCN(C(=O)Oc4ccccc4)CC3)n2n1)C1CC1. The van der Waals surface area contributed by atoms with E-state index in [-0.39, 0.29) is 17.9 Å². The average molecular weight is 406 g/mol. The molecule has 2 fully saturated rings. The molecule has 1 aliphatic carbocycles. The molecule has 1 aromatic carbocycles. The van der Waals surface area contributed by atoms with Crippen molar-refractivity contribution in [2.24, 2.45) is 5.92 Å². The van der Waals surface area contributed by atoms with E-state index in [0.717, 1.165) is 18.7 Å². The van der Waals surface area contributed by atoms with Crippen LogP contribution in [0.4, 0.5) is 16.6 Å². The van der Waals surface area contributed by atoms with Gasteiger partial charge in [0.2, 0.25) is 11.9 Å². The lowest BCUT2D eigenvalue weighted by molar-refractivity contribution is -0.117.